The first-order valence-corrected chi connectivity index (χ1v) is 8.67. The Kier molecular flexibility index (Phi) is 8.13. The topological polar surface area (TPSA) is 55.6 Å². The van der Waals surface area contributed by atoms with E-state index in [1.807, 2.05) is 4.90 Å². The van der Waals surface area contributed by atoms with E-state index in [2.05, 4.69) is 13.8 Å². The number of nitrogens with two attached hydrogens (primary N) is 1. The SMILES string of the molecule is CC1(C)CN(C(=O)CCCOc2cccc(Cl)c2Cl)CCC1N.Cl. The normalized spacial score (nSPS) is 19.5. The lowest BCUT2D eigenvalue weighted by atomic mass is 9.79. The highest BCUT2D eigenvalue weighted by atomic mass is 35.5. The van der Waals surface area contributed by atoms with Crippen LogP contribution in [0.4, 0.5) is 0 Å². The Hall–Kier alpha value is -0.680. The average molecular weight is 396 g/mol. The van der Waals surface area contributed by atoms with E-state index in [9.17, 15) is 4.79 Å². The van der Waals surface area contributed by atoms with Gasteiger partial charge in [0, 0.05) is 25.6 Å². The Labute approximate surface area is 160 Å². The van der Waals surface area contributed by atoms with Crippen molar-refractivity contribution >= 4 is 41.5 Å². The summed E-state index contributed by atoms with van der Waals surface area (Å²) in [6, 6.07) is 5.42. The first-order valence-electron chi connectivity index (χ1n) is 7.91. The summed E-state index contributed by atoms with van der Waals surface area (Å²) in [6.07, 6.45) is 1.96. The van der Waals surface area contributed by atoms with Gasteiger partial charge < -0.3 is 15.4 Å². The van der Waals surface area contributed by atoms with Gasteiger partial charge in [-0.05, 0) is 30.4 Å². The lowest BCUT2D eigenvalue weighted by Crippen LogP contribution is -2.54. The van der Waals surface area contributed by atoms with Crippen molar-refractivity contribution in [2.75, 3.05) is 19.7 Å². The van der Waals surface area contributed by atoms with Crippen LogP contribution in [0.15, 0.2) is 18.2 Å². The van der Waals surface area contributed by atoms with Crippen molar-refractivity contribution in [3.05, 3.63) is 28.2 Å². The molecule has 2 N–H and O–H groups in total. The van der Waals surface area contributed by atoms with Crippen molar-refractivity contribution in [3.63, 3.8) is 0 Å². The van der Waals surface area contributed by atoms with Gasteiger partial charge in [-0.1, -0.05) is 43.1 Å². The molecule has 0 aromatic heterocycles. The van der Waals surface area contributed by atoms with Crippen LogP contribution in [0.25, 0.3) is 0 Å². The van der Waals surface area contributed by atoms with Crippen LogP contribution < -0.4 is 10.5 Å². The van der Waals surface area contributed by atoms with Crippen LogP contribution in [-0.4, -0.2) is 36.5 Å². The molecule has 136 valence electrons. The van der Waals surface area contributed by atoms with E-state index in [1.54, 1.807) is 18.2 Å². The zero-order valence-corrected chi connectivity index (χ0v) is 16.4. The quantitative estimate of drug-likeness (QED) is 0.762. The average Bonchev–Trinajstić information content (AvgIpc) is 2.50. The molecular weight excluding hydrogens is 371 g/mol. The summed E-state index contributed by atoms with van der Waals surface area (Å²) in [4.78, 5) is 14.2. The maximum atomic E-state index is 12.3. The van der Waals surface area contributed by atoms with Crippen molar-refractivity contribution in [3.8, 4) is 5.75 Å². The van der Waals surface area contributed by atoms with Gasteiger partial charge in [-0.3, -0.25) is 4.79 Å². The van der Waals surface area contributed by atoms with E-state index in [0.29, 0.717) is 41.8 Å². The molecule has 1 heterocycles. The molecular formula is C17H25Cl3N2O2. The van der Waals surface area contributed by atoms with Crippen LogP contribution in [-0.2, 0) is 4.79 Å². The predicted molar refractivity (Wildman–Crippen MR) is 101 cm³/mol. The van der Waals surface area contributed by atoms with Crippen molar-refractivity contribution < 1.29 is 9.53 Å². The molecule has 2 rings (SSSR count). The maximum Gasteiger partial charge on any atom is 0.222 e. The molecule has 7 heteroatoms. The van der Waals surface area contributed by atoms with Gasteiger partial charge in [-0.15, -0.1) is 12.4 Å². The summed E-state index contributed by atoms with van der Waals surface area (Å²) in [6.45, 7) is 6.11. The third-order valence-electron chi connectivity index (χ3n) is 4.37. The van der Waals surface area contributed by atoms with E-state index in [-0.39, 0.29) is 29.8 Å². The Balaban J connectivity index is 0.00000288. The minimum Gasteiger partial charge on any atom is -0.492 e. The molecule has 4 nitrogen and oxygen atoms in total. The monoisotopic (exact) mass is 394 g/mol. The number of carbonyl (C=O) groups excluding carboxylic acids is 1. The van der Waals surface area contributed by atoms with Crippen molar-refractivity contribution in [2.24, 2.45) is 11.1 Å². The van der Waals surface area contributed by atoms with Crippen LogP contribution >= 0.6 is 35.6 Å². The van der Waals surface area contributed by atoms with Crippen molar-refractivity contribution in [2.45, 2.75) is 39.2 Å². The summed E-state index contributed by atoms with van der Waals surface area (Å²) in [5, 5.41) is 0.874. The third-order valence-corrected chi connectivity index (χ3v) is 5.18. The maximum absolute atomic E-state index is 12.3. The van der Waals surface area contributed by atoms with Gasteiger partial charge >= 0.3 is 0 Å². The van der Waals surface area contributed by atoms with E-state index in [1.165, 1.54) is 0 Å². The Morgan fingerprint density at radius 1 is 1.42 bits per heavy atom. The fourth-order valence-electron chi connectivity index (χ4n) is 2.75. The van der Waals surface area contributed by atoms with Gasteiger partial charge in [-0.25, -0.2) is 0 Å². The lowest BCUT2D eigenvalue weighted by molar-refractivity contribution is -0.134. The molecule has 1 unspecified atom stereocenters. The number of likely N-dealkylation sites (tertiary alicyclic amines) is 1. The van der Waals surface area contributed by atoms with Crippen molar-refractivity contribution in [1.29, 1.82) is 0 Å². The molecule has 1 aliphatic rings. The molecule has 1 aliphatic heterocycles. The van der Waals surface area contributed by atoms with E-state index < -0.39 is 0 Å². The second-order valence-corrected chi connectivity index (χ2v) is 7.49. The summed E-state index contributed by atoms with van der Waals surface area (Å²) >= 11 is 12.0. The number of ether oxygens (including phenoxy) is 1. The van der Waals surface area contributed by atoms with Crippen LogP contribution in [0.5, 0.6) is 5.75 Å². The van der Waals surface area contributed by atoms with Crippen LogP contribution in [0, 0.1) is 5.41 Å². The zero-order valence-electron chi connectivity index (χ0n) is 14.1. The summed E-state index contributed by atoms with van der Waals surface area (Å²) in [7, 11) is 0. The molecule has 0 radical (unpaired) electrons. The predicted octanol–water partition coefficient (Wildman–Crippen LogP) is 4.16. The number of hydrogen-bond donors (Lipinski definition) is 1. The van der Waals surface area contributed by atoms with E-state index >= 15 is 0 Å². The lowest BCUT2D eigenvalue weighted by Gasteiger charge is -2.42. The molecule has 1 aromatic rings. The van der Waals surface area contributed by atoms with Gasteiger partial charge in [0.25, 0.3) is 0 Å². The number of amides is 1. The van der Waals surface area contributed by atoms with Crippen LogP contribution in [0.3, 0.4) is 0 Å². The van der Waals surface area contributed by atoms with Gasteiger partial charge in [0.05, 0.1) is 11.6 Å². The van der Waals surface area contributed by atoms with Gasteiger partial charge in [0.1, 0.15) is 10.8 Å². The van der Waals surface area contributed by atoms with E-state index in [0.717, 1.165) is 13.0 Å². The molecule has 1 amide bonds. The Bertz CT molecular complexity index is 567. The molecule has 0 spiro atoms. The minimum atomic E-state index is -0.0290. The van der Waals surface area contributed by atoms with Crippen LogP contribution in [0.1, 0.15) is 33.1 Å². The number of benzene rings is 1. The first-order chi connectivity index (χ1) is 10.8. The highest BCUT2D eigenvalue weighted by Gasteiger charge is 2.34. The summed E-state index contributed by atoms with van der Waals surface area (Å²) in [5.74, 6) is 0.711. The standard InChI is InChI=1S/C17H24Cl2N2O2.ClH/c1-17(2)11-21(9-8-14(17)20)15(22)7-4-10-23-13-6-3-5-12(18)16(13)19;/h3,5-6,14H,4,7-11,20H2,1-2H3;1H. The molecule has 1 fully saturated rings. The Morgan fingerprint density at radius 3 is 2.79 bits per heavy atom. The van der Waals surface area contributed by atoms with Crippen molar-refractivity contribution in [1.82, 2.24) is 4.90 Å². The molecule has 0 bridgehead atoms. The molecule has 0 saturated carbocycles. The number of carbonyl (C=O) groups is 1. The Morgan fingerprint density at radius 2 is 2.12 bits per heavy atom. The zero-order chi connectivity index (χ0) is 17.0. The fourth-order valence-corrected chi connectivity index (χ4v) is 3.09. The largest absolute Gasteiger partial charge is 0.492 e. The van der Waals surface area contributed by atoms with Gasteiger partial charge in [-0.2, -0.15) is 0 Å². The number of hydrogen-bond acceptors (Lipinski definition) is 3. The molecule has 0 aliphatic carbocycles. The van der Waals surface area contributed by atoms with E-state index in [4.69, 9.17) is 33.7 Å². The number of rotatable bonds is 5. The number of nitrogens with zero attached hydrogens (tertiary/aromatic N) is 1. The smallest absolute Gasteiger partial charge is 0.222 e. The summed E-state index contributed by atoms with van der Waals surface area (Å²) < 4.78 is 5.61. The highest BCUT2D eigenvalue weighted by molar-refractivity contribution is 6.42. The second kappa shape index (κ2) is 9.14. The molecule has 1 aromatic carbocycles. The van der Waals surface area contributed by atoms with Gasteiger partial charge in [0.2, 0.25) is 5.91 Å². The van der Waals surface area contributed by atoms with Crippen LogP contribution in [0.2, 0.25) is 10.0 Å². The van der Waals surface area contributed by atoms with Gasteiger partial charge in [0.15, 0.2) is 0 Å². The second-order valence-electron chi connectivity index (χ2n) is 6.70. The number of halogens is 3. The summed E-state index contributed by atoms with van der Waals surface area (Å²) in [5.41, 5.74) is 6.08. The minimum absolute atomic E-state index is 0. The molecule has 1 atom stereocenters. The third kappa shape index (κ3) is 5.41. The number of piperidine rings is 1. The molecule has 24 heavy (non-hydrogen) atoms. The first kappa shape index (κ1) is 21.4. The highest BCUT2D eigenvalue weighted by Crippen LogP contribution is 2.31. The molecule has 1 saturated heterocycles. The fraction of sp³-hybridized carbons (Fsp3) is 0.588.